The lowest BCUT2D eigenvalue weighted by Crippen LogP contribution is -2.24. The predicted octanol–water partition coefficient (Wildman–Crippen LogP) is 5.48. The maximum atomic E-state index is 12.6. The molecule has 2 rings (SSSR count). The maximum Gasteiger partial charge on any atom is 0.387 e. The molecule has 1 aliphatic rings. The summed E-state index contributed by atoms with van der Waals surface area (Å²) in [5.74, 6) is -2.81. The van der Waals surface area contributed by atoms with Crippen LogP contribution in [0.2, 0.25) is 0 Å². The van der Waals surface area contributed by atoms with E-state index in [1.54, 1.807) is 13.8 Å². The van der Waals surface area contributed by atoms with Crippen molar-refractivity contribution in [1.29, 1.82) is 0 Å². The van der Waals surface area contributed by atoms with Gasteiger partial charge < -0.3 is 14.6 Å². The Morgan fingerprint density at radius 1 is 1.19 bits per heavy atom. The molecule has 27 heavy (non-hydrogen) atoms. The molecule has 1 aromatic rings. The summed E-state index contributed by atoms with van der Waals surface area (Å²) in [4.78, 5) is 12.0. The summed E-state index contributed by atoms with van der Waals surface area (Å²) < 4.78 is 58.3. The third-order valence-corrected chi connectivity index (χ3v) is 5.22. The van der Waals surface area contributed by atoms with Crippen molar-refractivity contribution in [2.75, 3.05) is 0 Å². The number of allylic oxidation sites excluding steroid dienone is 1. The fourth-order valence-electron chi connectivity index (χ4n) is 3.56. The van der Waals surface area contributed by atoms with Crippen molar-refractivity contribution in [1.82, 2.24) is 0 Å². The topological polar surface area (TPSA) is 55.8 Å². The van der Waals surface area contributed by atoms with E-state index >= 15 is 0 Å². The Bertz CT molecular complexity index is 750. The highest BCUT2D eigenvalue weighted by Gasteiger charge is 2.74. The Labute approximate surface area is 162 Å². The van der Waals surface area contributed by atoms with E-state index in [1.807, 2.05) is 0 Å². The highest BCUT2D eigenvalue weighted by Crippen LogP contribution is 2.71. The number of halogens is 6. The Balaban J connectivity index is 2.40. The Morgan fingerprint density at radius 3 is 2.22 bits per heavy atom. The van der Waals surface area contributed by atoms with E-state index in [9.17, 15) is 27.5 Å². The normalized spacial score (nSPS) is 23.3. The van der Waals surface area contributed by atoms with Gasteiger partial charge in [-0.15, -0.1) is 0 Å². The first-order valence-corrected chi connectivity index (χ1v) is 8.46. The summed E-state index contributed by atoms with van der Waals surface area (Å²) in [6, 6.07) is 3.41. The molecule has 2 atom stereocenters. The van der Waals surface area contributed by atoms with Gasteiger partial charge in [0.1, 0.15) is 4.49 Å². The van der Waals surface area contributed by atoms with Gasteiger partial charge in [0.15, 0.2) is 11.5 Å². The lowest BCUT2D eigenvalue weighted by atomic mass is 9.88. The van der Waals surface area contributed by atoms with Crippen LogP contribution in [0, 0.1) is 16.7 Å². The molecule has 0 aromatic heterocycles. The van der Waals surface area contributed by atoms with Crippen LogP contribution in [0.3, 0.4) is 0 Å². The van der Waals surface area contributed by atoms with Crippen molar-refractivity contribution in [2.24, 2.45) is 16.7 Å². The van der Waals surface area contributed by atoms with Gasteiger partial charge in [0.2, 0.25) is 0 Å². The van der Waals surface area contributed by atoms with Crippen LogP contribution in [0.4, 0.5) is 17.6 Å². The van der Waals surface area contributed by atoms with Crippen LogP contribution in [0.1, 0.15) is 19.4 Å². The molecular weight excluding hydrogens is 415 g/mol. The molecule has 0 amide bonds. The number of carboxylic acid groups (broad SMARTS) is 1. The quantitative estimate of drug-likeness (QED) is 0.554. The molecule has 1 aliphatic carbocycles. The SMILES string of the molecule is CC1(C)C(C=C(Cl)Cl)C1(Cc1ccc(OC(F)F)c(OC(F)F)c1)C(=O)O. The van der Waals surface area contributed by atoms with Crippen LogP contribution < -0.4 is 9.47 Å². The number of aliphatic carboxylic acids is 1. The molecule has 4 nitrogen and oxygen atoms in total. The van der Waals surface area contributed by atoms with Crippen molar-refractivity contribution in [2.45, 2.75) is 33.5 Å². The number of alkyl halides is 4. The Kier molecular flexibility index (Phi) is 6.21. The largest absolute Gasteiger partial charge is 0.481 e. The van der Waals surface area contributed by atoms with Crippen LogP contribution in [-0.2, 0) is 11.2 Å². The molecule has 1 fully saturated rings. The molecule has 0 saturated heterocycles. The van der Waals surface area contributed by atoms with E-state index in [-0.39, 0.29) is 10.9 Å². The van der Waals surface area contributed by atoms with Crippen LogP contribution >= 0.6 is 23.2 Å². The third kappa shape index (κ3) is 4.27. The van der Waals surface area contributed by atoms with Gasteiger partial charge in [-0.3, -0.25) is 4.79 Å². The average Bonchev–Trinajstić information content (AvgIpc) is 2.96. The third-order valence-electron chi connectivity index (χ3n) is 4.97. The number of rotatable bonds is 8. The maximum absolute atomic E-state index is 12.6. The van der Waals surface area contributed by atoms with Crippen LogP contribution in [0.5, 0.6) is 11.5 Å². The van der Waals surface area contributed by atoms with Gasteiger partial charge in [-0.05, 0) is 35.6 Å². The molecule has 150 valence electrons. The molecule has 1 N–H and O–H groups in total. The van der Waals surface area contributed by atoms with Gasteiger partial charge in [0.25, 0.3) is 0 Å². The predicted molar refractivity (Wildman–Crippen MR) is 90.5 cm³/mol. The second-order valence-electron chi connectivity index (χ2n) is 6.65. The second kappa shape index (κ2) is 7.75. The molecule has 2 unspecified atom stereocenters. The summed E-state index contributed by atoms with van der Waals surface area (Å²) in [6.07, 6.45) is 1.34. The minimum absolute atomic E-state index is 0.0773. The van der Waals surface area contributed by atoms with Crippen LogP contribution in [0.25, 0.3) is 0 Å². The van der Waals surface area contributed by atoms with Gasteiger partial charge >= 0.3 is 19.2 Å². The lowest BCUT2D eigenvalue weighted by molar-refractivity contribution is -0.145. The molecule has 0 aliphatic heterocycles. The number of hydrogen-bond acceptors (Lipinski definition) is 3. The highest BCUT2D eigenvalue weighted by molar-refractivity contribution is 6.55. The van der Waals surface area contributed by atoms with Crippen molar-refractivity contribution < 1.29 is 36.9 Å². The second-order valence-corrected chi connectivity index (χ2v) is 7.65. The zero-order valence-corrected chi connectivity index (χ0v) is 15.7. The Morgan fingerprint density at radius 2 is 1.74 bits per heavy atom. The molecule has 0 radical (unpaired) electrons. The molecule has 0 spiro atoms. The molecular formula is C17H16Cl2F4O4. The van der Waals surface area contributed by atoms with Crippen molar-refractivity contribution in [3.63, 3.8) is 0 Å². The average molecular weight is 431 g/mol. The van der Waals surface area contributed by atoms with Crippen LogP contribution in [-0.4, -0.2) is 24.3 Å². The number of hydrogen-bond donors (Lipinski definition) is 1. The zero-order valence-electron chi connectivity index (χ0n) is 14.2. The summed E-state index contributed by atoms with van der Waals surface area (Å²) in [7, 11) is 0. The first-order valence-electron chi connectivity index (χ1n) is 7.70. The zero-order chi connectivity index (χ0) is 20.6. The van der Waals surface area contributed by atoms with E-state index in [1.165, 1.54) is 12.1 Å². The standard InChI is InChI=1S/C17H16Cl2F4O4/c1-16(2)11(6-12(18)19)17(16,13(24)25)7-8-3-4-9(26-14(20)21)10(5-8)27-15(22)23/h3-6,11,14-15H,7H2,1-2H3,(H,24,25). The van der Waals surface area contributed by atoms with Gasteiger partial charge in [0, 0.05) is 5.92 Å². The lowest BCUT2D eigenvalue weighted by Gasteiger charge is -2.18. The number of carboxylic acids is 1. The minimum atomic E-state index is -3.27. The molecule has 1 aromatic carbocycles. The molecule has 10 heteroatoms. The number of ether oxygens (including phenoxy) is 2. The first-order chi connectivity index (χ1) is 12.4. The summed E-state index contributed by atoms with van der Waals surface area (Å²) >= 11 is 11.3. The summed E-state index contributed by atoms with van der Waals surface area (Å²) in [5, 5.41) is 9.78. The smallest absolute Gasteiger partial charge is 0.387 e. The fourth-order valence-corrected chi connectivity index (χ4v) is 3.81. The van der Waals surface area contributed by atoms with E-state index in [0.717, 1.165) is 12.1 Å². The van der Waals surface area contributed by atoms with Crippen molar-refractivity contribution in [3.8, 4) is 11.5 Å². The van der Waals surface area contributed by atoms with E-state index in [2.05, 4.69) is 9.47 Å². The fraction of sp³-hybridized carbons (Fsp3) is 0.471. The van der Waals surface area contributed by atoms with Gasteiger partial charge in [-0.1, -0.05) is 43.1 Å². The highest BCUT2D eigenvalue weighted by atomic mass is 35.5. The molecule has 1 saturated carbocycles. The number of carbonyl (C=O) groups is 1. The monoisotopic (exact) mass is 430 g/mol. The van der Waals surface area contributed by atoms with E-state index in [0.29, 0.717) is 5.56 Å². The summed E-state index contributed by atoms with van der Waals surface area (Å²) in [5.41, 5.74) is -1.73. The van der Waals surface area contributed by atoms with Crippen molar-refractivity contribution in [3.05, 3.63) is 34.3 Å². The van der Waals surface area contributed by atoms with Gasteiger partial charge in [-0.25, -0.2) is 0 Å². The van der Waals surface area contributed by atoms with Crippen molar-refractivity contribution >= 4 is 29.2 Å². The number of benzene rings is 1. The minimum Gasteiger partial charge on any atom is -0.481 e. The van der Waals surface area contributed by atoms with E-state index < -0.39 is 47.4 Å². The molecule has 0 bridgehead atoms. The first kappa shape index (κ1) is 21.6. The van der Waals surface area contributed by atoms with Gasteiger partial charge in [0.05, 0.1) is 5.41 Å². The van der Waals surface area contributed by atoms with E-state index in [4.69, 9.17) is 23.2 Å². The van der Waals surface area contributed by atoms with Crippen LogP contribution in [0.15, 0.2) is 28.8 Å². The van der Waals surface area contributed by atoms with Gasteiger partial charge in [-0.2, -0.15) is 17.6 Å². The Hall–Kier alpha value is -1.67. The molecule has 0 heterocycles. The summed E-state index contributed by atoms with van der Waals surface area (Å²) in [6.45, 7) is -3.07.